The summed E-state index contributed by atoms with van der Waals surface area (Å²) >= 11 is 5.98. The van der Waals surface area contributed by atoms with Crippen LogP contribution >= 0.6 is 11.6 Å². The van der Waals surface area contributed by atoms with Gasteiger partial charge in [0.2, 0.25) is 5.91 Å². The van der Waals surface area contributed by atoms with E-state index in [1.807, 2.05) is 0 Å². The van der Waals surface area contributed by atoms with E-state index < -0.39 is 10.0 Å². The Hall–Kier alpha value is -3.30. The summed E-state index contributed by atoms with van der Waals surface area (Å²) in [5.74, 6) is 0.808. The van der Waals surface area contributed by atoms with Gasteiger partial charge in [0, 0.05) is 10.9 Å². The number of hydrogen-bond donors (Lipinski definition) is 2. The Bertz CT molecular complexity index is 1310. The Balaban J connectivity index is 1.49. The molecule has 0 atom stereocenters. The number of halogens is 1. The minimum atomic E-state index is -3.85. The van der Waals surface area contributed by atoms with Gasteiger partial charge in [-0.1, -0.05) is 35.0 Å². The lowest BCUT2D eigenvalue weighted by Crippen LogP contribution is -2.14. The molecule has 1 saturated carbocycles. The zero-order valence-corrected chi connectivity index (χ0v) is 19.5. The Labute approximate surface area is 196 Å². The van der Waals surface area contributed by atoms with Crippen molar-refractivity contribution in [3.8, 4) is 5.75 Å². The van der Waals surface area contributed by atoms with Crippen LogP contribution in [0.2, 0.25) is 5.02 Å². The maximum atomic E-state index is 12.8. The summed E-state index contributed by atoms with van der Waals surface area (Å²) in [5.41, 5.74) is 2.12. The third-order valence-corrected chi connectivity index (χ3v) is 6.73. The molecule has 1 aromatic heterocycles. The minimum Gasteiger partial charge on any atom is -0.495 e. The first kappa shape index (κ1) is 22.9. The van der Waals surface area contributed by atoms with Crippen molar-refractivity contribution in [2.75, 3.05) is 17.1 Å². The molecular weight excluding hydrogens is 466 g/mol. The van der Waals surface area contributed by atoms with Gasteiger partial charge < -0.3 is 14.6 Å². The number of ether oxygens (including phenoxy) is 1. The Kier molecular flexibility index (Phi) is 6.44. The lowest BCUT2D eigenvalue weighted by molar-refractivity contribution is -0.117. The predicted molar refractivity (Wildman–Crippen MR) is 127 cm³/mol. The number of anilines is 2. The van der Waals surface area contributed by atoms with Gasteiger partial charge in [-0.05, 0) is 61.7 Å². The van der Waals surface area contributed by atoms with Crippen molar-refractivity contribution in [3.63, 3.8) is 0 Å². The maximum Gasteiger partial charge on any atom is 0.262 e. The lowest BCUT2D eigenvalue weighted by Gasteiger charge is -2.12. The van der Waals surface area contributed by atoms with Gasteiger partial charge in [-0.2, -0.15) is 0 Å². The molecule has 0 aliphatic heterocycles. The second kappa shape index (κ2) is 9.29. The molecule has 1 aliphatic rings. The molecular formula is C23H22ClN3O5S. The van der Waals surface area contributed by atoms with E-state index in [1.54, 1.807) is 43.3 Å². The number of rotatable bonds is 8. The van der Waals surface area contributed by atoms with Gasteiger partial charge in [-0.3, -0.25) is 9.52 Å². The number of hydrogen-bond acceptors (Lipinski definition) is 6. The first-order chi connectivity index (χ1) is 15.8. The predicted octanol–water partition coefficient (Wildman–Crippen LogP) is 4.96. The zero-order chi connectivity index (χ0) is 23.6. The number of nitrogens with zero attached hydrogens (tertiary/aromatic N) is 1. The fourth-order valence-corrected chi connectivity index (χ4v) is 4.35. The number of methoxy groups -OCH3 is 1. The summed E-state index contributed by atoms with van der Waals surface area (Å²) in [4.78, 5) is 12.2. The van der Waals surface area contributed by atoms with Crippen LogP contribution in [0.25, 0.3) is 12.2 Å². The fourth-order valence-electron chi connectivity index (χ4n) is 3.12. The van der Waals surface area contributed by atoms with Gasteiger partial charge in [0.05, 0.1) is 17.7 Å². The zero-order valence-electron chi connectivity index (χ0n) is 18.0. The molecule has 33 heavy (non-hydrogen) atoms. The molecule has 2 N–H and O–H groups in total. The summed E-state index contributed by atoms with van der Waals surface area (Å²) in [6, 6.07) is 11.0. The second-order valence-corrected chi connectivity index (χ2v) is 9.74. The van der Waals surface area contributed by atoms with Crippen LogP contribution in [0.4, 0.5) is 11.4 Å². The van der Waals surface area contributed by atoms with Crippen molar-refractivity contribution in [1.29, 1.82) is 0 Å². The number of aryl methyl sites for hydroxylation is 1. The topological polar surface area (TPSA) is 111 Å². The average molecular weight is 488 g/mol. The van der Waals surface area contributed by atoms with Crippen LogP contribution in [-0.2, 0) is 14.8 Å². The molecule has 4 rings (SSSR count). The highest BCUT2D eigenvalue weighted by molar-refractivity contribution is 7.92. The van der Waals surface area contributed by atoms with Crippen LogP contribution in [0.1, 0.15) is 29.9 Å². The third-order valence-electron chi connectivity index (χ3n) is 5.11. The molecule has 1 heterocycles. The van der Waals surface area contributed by atoms with E-state index in [0.29, 0.717) is 27.9 Å². The van der Waals surface area contributed by atoms with E-state index in [1.165, 1.54) is 25.3 Å². The fraction of sp³-hybridized carbons (Fsp3) is 0.217. The Morgan fingerprint density at radius 3 is 2.58 bits per heavy atom. The summed E-state index contributed by atoms with van der Waals surface area (Å²) in [6.07, 6.45) is 5.22. The van der Waals surface area contributed by atoms with Crippen molar-refractivity contribution in [1.82, 2.24) is 5.16 Å². The van der Waals surface area contributed by atoms with E-state index in [2.05, 4.69) is 15.2 Å². The van der Waals surface area contributed by atoms with Crippen LogP contribution in [0.15, 0.2) is 51.9 Å². The average Bonchev–Trinajstić information content (AvgIpc) is 3.58. The molecule has 2 aromatic carbocycles. The van der Waals surface area contributed by atoms with Crippen molar-refractivity contribution >= 4 is 51.1 Å². The molecule has 1 amide bonds. The largest absolute Gasteiger partial charge is 0.495 e. The molecule has 3 aromatic rings. The SMILES string of the molecule is COc1ccc(Cl)cc1NS(=O)(=O)c1ccc(C=Cc2onc(C)c2NC(=O)C2CC2)cc1. The number of carbonyl (C=O) groups is 1. The van der Waals surface area contributed by atoms with Crippen molar-refractivity contribution in [2.24, 2.45) is 5.92 Å². The van der Waals surface area contributed by atoms with Gasteiger partial charge in [-0.25, -0.2) is 8.42 Å². The molecule has 8 nitrogen and oxygen atoms in total. The molecule has 10 heteroatoms. The summed E-state index contributed by atoms with van der Waals surface area (Å²) in [6.45, 7) is 1.75. The highest BCUT2D eigenvalue weighted by atomic mass is 35.5. The Morgan fingerprint density at radius 2 is 1.91 bits per heavy atom. The smallest absolute Gasteiger partial charge is 0.262 e. The van der Waals surface area contributed by atoms with Gasteiger partial charge >= 0.3 is 0 Å². The van der Waals surface area contributed by atoms with Crippen LogP contribution in [0.5, 0.6) is 5.75 Å². The van der Waals surface area contributed by atoms with Crippen LogP contribution in [-0.4, -0.2) is 26.6 Å². The van der Waals surface area contributed by atoms with Gasteiger partial charge in [0.25, 0.3) is 10.0 Å². The van der Waals surface area contributed by atoms with Crippen LogP contribution in [0, 0.1) is 12.8 Å². The molecule has 0 saturated heterocycles. The molecule has 0 unspecified atom stereocenters. The van der Waals surface area contributed by atoms with Gasteiger partial charge in [0.1, 0.15) is 17.1 Å². The van der Waals surface area contributed by atoms with Gasteiger partial charge in [-0.15, -0.1) is 0 Å². The van der Waals surface area contributed by atoms with E-state index in [0.717, 1.165) is 18.4 Å². The normalized spacial score (nSPS) is 13.8. The number of benzene rings is 2. The van der Waals surface area contributed by atoms with E-state index in [9.17, 15) is 13.2 Å². The van der Waals surface area contributed by atoms with Crippen molar-refractivity contribution < 1.29 is 22.5 Å². The molecule has 1 fully saturated rings. The molecule has 0 radical (unpaired) electrons. The molecule has 172 valence electrons. The van der Waals surface area contributed by atoms with E-state index in [-0.39, 0.29) is 22.4 Å². The lowest BCUT2D eigenvalue weighted by atomic mass is 10.2. The van der Waals surface area contributed by atoms with Gasteiger partial charge in [0.15, 0.2) is 5.76 Å². The minimum absolute atomic E-state index is 0.0330. The summed E-state index contributed by atoms with van der Waals surface area (Å²) < 4.78 is 38.6. The number of nitrogens with one attached hydrogen (secondary N) is 2. The number of aromatic nitrogens is 1. The first-order valence-corrected chi connectivity index (χ1v) is 12.0. The standard InChI is InChI=1S/C23H22ClN3O5S/c1-14-22(25-23(28)16-6-7-16)21(32-26-14)11-5-15-3-9-18(10-4-15)33(29,30)27-19-13-17(24)8-12-20(19)31-2/h3-5,8-13,16,27H,6-7H2,1-2H3,(H,25,28). The third kappa shape index (κ3) is 5.37. The second-order valence-electron chi connectivity index (χ2n) is 7.62. The highest BCUT2D eigenvalue weighted by Crippen LogP contribution is 2.32. The molecule has 1 aliphatic carbocycles. The quantitative estimate of drug-likeness (QED) is 0.464. The molecule has 0 bridgehead atoms. The molecule has 0 spiro atoms. The van der Waals surface area contributed by atoms with E-state index >= 15 is 0 Å². The van der Waals surface area contributed by atoms with Crippen LogP contribution < -0.4 is 14.8 Å². The Morgan fingerprint density at radius 1 is 1.18 bits per heavy atom. The van der Waals surface area contributed by atoms with Crippen molar-refractivity contribution in [2.45, 2.75) is 24.7 Å². The number of sulfonamides is 1. The highest BCUT2D eigenvalue weighted by Gasteiger charge is 2.30. The monoisotopic (exact) mass is 487 g/mol. The number of carbonyl (C=O) groups excluding carboxylic acids is 1. The van der Waals surface area contributed by atoms with Crippen LogP contribution in [0.3, 0.4) is 0 Å². The summed E-state index contributed by atoms with van der Waals surface area (Å²) in [7, 11) is -2.41. The summed E-state index contributed by atoms with van der Waals surface area (Å²) in [5, 5.41) is 7.17. The van der Waals surface area contributed by atoms with Crippen molar-refractivity contribution in [3.05, 3.63) is 64.5 Å². The first-order valence-electron chi connectivity index (χ1n) is 10.2. The number of amides is 1. The maximum absolute atomic E-state index is 12.8. The van der Waals surface area contributed by atoms with E-state index in [4.69, 9.17) is 20.9 Å².